The average molecular weight is 426 g/mol. The Morgan fingerprint density at radius 1 is 1.03 bits per heavy atom. The lowest BCUT2D eigenvalue weighted by Gasteiger charge is -2.30. The van der Waals surface area contributed by atoms with E-state index < -0.39 is 0 Å². The summed E-state index contributed by atoms with van der Waals surface area (Å²) in [5.41, 5.74) is 0.869. The molecule has 2 aliphatic rings. The fourth-order valence-electron chi connectivity index (χ4n) is 4.02. The van der Waals surface area contributed by atoms with E-state index in [-0.39, 0.29) is 5.91 Å². The number of aromatic nitrogens is 1. The summed E-state index contributed by atoms with van der Waals surface area (Å²) >= 11 is 0. The van der Waals surface area contributed by atoms with Gasteiger partial charge in [0.1, 0.15) is 6.61 Å². The third-order valence-electron chi connectivity index (χ3n) is 5.91. The van der Waals surface area contributed by atoms with Gasteiger partial charge in [-0.1, -0.05) is 18.2 Å². The van der Waals surface area contributed by atoms with Gasteiger partial charge in [0.25, 0.3) is 0 Å². The van der Waals surface area contributed by atoms with Crippen molar-refractivity contribution < 1.29 is 19.0 Å². The first kappa shape index (κ1) is 21.6. The Morgan fingerprint density at radius 2 is 1.84 bits per heavy atom. The number of carbonyl (C=O) groups is 1. The second-order valence-corrected chi connectivity index (χ2v) is 8.24. The minimum atomic E-state index is 0.166. The predicted octanol–water partition coefficient (Wildman–Crippen LogP) is 3.34. The van der Waals surface area contributed by atoms with Gasteiger partial charge in [-0.05, 0) is 57.1 Å². The smallest absolute Gasteiger partial charge is 0.224 e. The number of ether oxygens (including phenoxy) is 3. The zero-order valence-electron chi connectivity index (χ0n) is 18.2. The maximum Gasteiger partial charge on any atom is 0.224 e. The summed E-state index contributed by atoms with van der Waals surface area (Å²) < 4.78 is 17.7. The summed E-state index contributed by atoms with van der Waals surface area (Å²) in [6, 6.07) is 11.4. The van der Waals surface area contributed by atoms with Crippen LogP contribution in [0.4, 0.5) is 0 Å². The Balaban J connectivity index is 1.53. The molecule has 2 aromatic rings. The van der Waals surface area contributed by atoms with E-state index in [9.17, 15) is 4.79 Å². The molecule has 0 bridgehead atoms. The van der Waals surface area contributed by atoms with Gasteiger partial charge in [0.2, 0.25) is 11.8 Å². The third kappa shape index (κ3) is 5.95. The molecule has 166 valence electrons. The number of nitrogens with zero attached hydrogens (tertiary/aromatic N) is 3. The molecule has 7 heteroatoms. The summed E-state index contributed by atoms with van der Waals surface area (Å²) in [4.78, 5) is 21.9. The van der Waals surface area contributed by atoms with Gasteiger partial charge in [-0.3, -0.25) is 4.79 Å². The lowest BCUT2D eigenvalue weighted by molar-refractivity contribution is -0.134. The number of benzene rings is 1. The molecule has 0 saturated carbocycles. The van der Waals surface area contributed by atoms with Crippen LogP contribution in [-0.2, 0) is 16.1 Å². The van der Waals surface area contributed by atoms with Crippen molar-refractivity contribution in [2.24, 2.45) is 5.92 Å². The van der Waals surface area contributed by atoms with Gasteiger partial charge in [-0.15, -0.1) is 0 Å². The van der Waals surface area contributed by atoms with Crippen molar-refractivity contribution in [3.05, 3.63) is 48.2 Å². The molecule has 0 aliphatic carbocycles. The van der Waals surface area contributed by atoms with Crippen molar-refractivity contribution in [2.75, 3.05) is 46.5 Å². The molecular formula is C24H31N3O4. The number of rotatable bonds is 2. The Morgan fingerprint density at radius 3 is 2.68 bits per heavy atom. The van der Waals surface area contributed by atoms with E-state index in [1.54, 1.807) is 6.20 Å². The highest BCUT2D eigenvalue weighted by molar-refractivity contribution is 5.76. The first-order chi connectivity index (χ1) is 15.2. The molecule has 1 aromatic carbocycles. The number of likely N-dealkylation sites (tertiary alicyclic amines) is 1. The zero-order valence-corrected chi connectivity index (χ0v) is 18.2. The third-order valence-corrected chi connectivity index (χ3v) is 5.91. The number of pyridine rings is 1. The van der Waals surface area contributed by atoms with Gasteiger partial charge in [-0.25, -0.2) is 4.98 Å². The fraction of sp³-hybridized carbons (Fsp3) is 0.500. The van der Waals surface area contributed by atoms with Crippen molar-refractivity contribution in [2.45, 2.75) is 25.8 Å². The van der Waals surface area contributed by atoms with Crippen molar-refractivity contribution >= 4 is 5.91 Å². The number of carbonyl (C=O) groups excluding carboxylic acids is 1. The first-order valence-corrected chi connectivity index (χ1v) is 11.1. The van der Waals surface area contributed by atoms with Gasteiger partial charge >= 0.3 is 0 Å². The van der Waals surface area contributed by atoms with Crippen LogP contribution < -0.4 is 9.47 Å². The standard InChI is InChI=1S/C24H31N3O4/c1-26-11-8-19(9-12-26)17-23(28)27-13-14-29-15-16-30-21-6-2-3-7-22(21)31-24-20(18-27)5-4-10-25-24/h2-7,10,19H,8-9,11-18H2,1H3. The Labute approximate surface area is 183 Å². The normalized spacial score (nSPS) is 18.9. The van der Waals surface area contributed by atoms with Crippen LogP contribution in [0.2, 0.25) is 0 Å². The molecule has 0 radical (unpaired) electrons. The van der Waals surface area contributed by atoms with Crippen LogP contribution in [0.1, 0.15) is 24.8 Å². The van der Waals surface area contributed by atoms with Crippen molar-refractivity contribution in [1.82, 2.24) is 14.8 Å². The summed E-state index contributed by atoms with van der Waals surface area (Å²) in [7, 11) is 2.14. The van der Waals surface area contributed by atoms with Gasteiger partial charge in [0.15, 0.2) is 11.5 Å². The second kappa shape index (κ2) is 10.6. The summed E-state index contributed by atoms with van der Waals surface area (Å²) in [5.74, 6) is 2.36. The van der Waals surface area contributed by atoms with Gasteiger partial charge < -0.3 is 24.0 Å². The highest BCUT2D eigenvalue weighted by atomic mass is 16.5. The lowest BCUT2D eigenvalue weighted by Crippen LogP contribution is -2.37. The highest BCUT2D eigenvalue weighted by Gasteiger charge is 2.24. The Hall–Kier alpha value is -2.64. The van der Waals surface area contributed by atoms with Crippen molar-refractivity contribution in [1.29, 1.82) is 0 Å². The molecule has 0 atom stereocenters. The summed E-state index contributed by atoms with van der Waals surface area (Å²) in [6.45, 7) is 4.44. The van der Waals surface area contributed by atoms with E-state index in [4.69, 9.17) is 14.2 Å². The molecule has 1 fully saturated rings. The van der Waals surface area contributed by atoms with Crippen LogP contribution in [0.5, 0.6) is 17.4 Å². The van der Waals surface area contributed by atoms with E-state index in [1.807, 2.05) is 41.3 Å². The van der Waals surface area contributed by atoms with Crippen LogP contribution in [0.3, 0.4) is 0 Å². The van der Waals surface area contributed by atoms with E-state index in [2.05, 4.69) is 16.9 Å². The minimum Gasteiger partial charge on any atom is -0.487 e. The molecular weight excluding hydrogens is 394 g/mol. The van der Waals surface area contributed by atoms with Crippen LogP contribution >= 0.6 is 0 Å². The molecule has 0 spiro atoms. The van der Waals surface area contributed by atoms with Crippen LogP contribution in [0.25, 0.3) is 0 Å². The monoisotopic (exact) mass is 425 g/mol. The Bertz CT molecular complexity index is 867. The first-order valence-electron chi connectivity index (χ1n) is 11.1. The number of amides is 1. The number of para-hydroxylation sites is 2. The van der Waals surface area contributed by atoms with Gasteiger partial charge in [0, 0.05) is 24.7 Å². The molecule has 0 N–H and O–H groups in total. The number of piperidine rings is 1. The second-order valence-electron chi connectivity index (χ2n) is 8.24. The van der Waals surface area contributed by atoms with Crippen LogP contribution in [0, 0.1) is 5.92 Å². The number of hydrogen-bond donors (Lipinski definition) is 0. The van der Waals surface area contributed by atoms with Crippen molar-refractivity contribution in [3.8, 4) is 17.4 Å². The SMILES string of the molecule is CN1CCC(CC(=O)N2CCOCCOc3ccccc3Oc3ncccc3C2)CC1. The maximum atomic E-state index is 13.2. The lowest BCUT2D eigenvalue weighted by atomic mass is 9.93. The molecule has 3 heterocycles. The van der Waals surface area contributed by atoms with Crippen molar-refractivity contribution in [3.63, 3.8) is 0 Å². The van der Waals surface area contributed by atoms with Gasteiger partial charge in [-0.2, -0.15) is 0 Å². The van der Waals surface area contributed by atoms with E-state index in [0.717, 1.165) is 31.5 Å². The minimum absolute atomic E-state index is 0.166. The molecule has 0 unspecified atom stereocenters. The van der Waals surface area contributed by atoms with E-state index >= 15 is 0 Å². The zero-order chi connectivity index (χ0) is 21.5. The maximum absolute atomic E-state index is 13.2. The van der Waals surface area contributed by atoms with Crippen LogP contribution in [-0.4, -0.2) is 67.2 Å². The van der Waals surface area contributed by atoms with Gasteiger partial charge in [0.05, 0.1) is 19.8 Å². The summed E-state index contributed by atoms with van der Waals surface area (Å²) in [5, 5.41) is 0. The van der Waals surface area contributed by atoms with Crippen LogP contribution in [0.15, 0.2) is 42.6 Å². The molecule has 7 nitrogen and oxygen atoms in total. The quantitative estimate of drug-likeness (QED) is 0.735. The molecule has 4 rings (SSSR count). The van der Waals surface area contributed by atoms with E-state index in [1.165, 1.54) is 0 Å². The summed E-state index contributed by atoms with van der Waals surface area (Å²) in [6.07, 6.45) is 4.42. The average Bonchev–Trinajstić information content (AvgIpc) is 2.80. The molecule has 2 aliphatic heterocycles. The molecule has 31 heavy (non-hydrogen) atoms. The number of hydrogen-bond acceptors (Lipinski definition) is 6. The molecule has 1 saturated heterocycles. The fourth-order valence-corrected chi connectivity index (χ4v) is 4.02. The topological polar surface area (TPSA) is 64.1 Å². The largest absolute Gasteiger partial charge is 0.487 e. The molecule has 1 aromatic heterocycles. The number of fused-ring (bicyclic) bond motifs is 2. The Kier molecular flexibility index (Phi) is 7.38. The highest BCUT2D eigenvalue weighted by Crippen LogP contribution is 2.32. The molecule has 1 amide bonds. The van der Waals surface area contributed by atoms with E-state index in [0.29, 0.717) is 62.6 Å². The predicted molar refractivity (Wildman–Crippen MR) is 117 cm³/mol.